The minimum atomic E-state index is -0.967. The van der Waals surface area contributed by atoms with Gasteiger partial charge < -0.3 is 19.9 Å². The van der Waals surface area contributed by atoms with Crippen molar-refractivity contribution in [1.82, 2.24) is 14.9 Å². The molecule has 13 heteroatoms. The van der Waals surface area contributed by atoms with E-state index in [2.05, 4.69) is 20.3 Å². The molecular weight excluding hydrogens is 376 g/mol. The fourth-order valence-corrected chi connectivity index (χ4v) is 2.66. The van der Waals surface area contributed by atoms with Gasteiger partial charge in [-0.15, -0.1) is 0 Å². The van der Waals surface area contributed by atoms with E-state index in [1.165, 1.54) is 17.7 Å². The maximum absolute atomic E-state index is 12.0. The van der Waals surface area contributed by atoms with Gasteiger partial charge in [0, 0.05) is 36.1 Å². The summed E-state index contributed by atoms with van der Waals surface area (Å²) in [6.45, 7) is 1.43. The number of aromatic nitrogens is 2. The molecule has 1 saturated heterocycles. The van der Waals surface area contributed by atoms with E-state index in [1.54, 1.807) is 0 Å². The molecule has 0 aromatic carbocycles. The highest BCUT2D eigenvalue weighted by Crippen LogP contribution is 2.30. The number of rotatable bonds is 8. The molecule has 0 saturated carbocycles. The molecule has 3 atom stereocenters. The Morgan fingerprint density at radius 1 is 1.54 bits per heavy atom. The molecule has 0 radical (unpaired) electrons. The van der Waals surface area contributed by atoms with Crippen LogP contribution in [0, 0.1) is 6.92 Å². The van der Waals surface area contributed by atoms with Crippen molar-refractivity contribution in [2.24, 2.45) is 5.11 Å². The number of H-pyrrole nitrogens is 1. The summed E-state index contributed by atoms with van der Waals surface area (Å²) in [7, 11) is 0. The smallest absolute Gasteiger partial charge is 0.407 e. The molecule has 28 heavy (non-hydrogen) atoms. The number of hydrogen-bond acceptors (Lipinski definition) is 7. The fraction of sp³-hybridized carbons (Fsp3) is 0.600. The van der Waals surface area contributed by atoms with E-state index in [0.717, 1.165) is 0 Å². The topological polar surface area (TPSA) is 188 Å². The molecule has 0 aliphatic carbocycles. The van der Waals surface area contributed by atoms with Crippen LogP contribution in [0.25, 0.3) is 10.4 Å². The number of carbonyl (C=O) groups excluding carboxylic acids is 1. The number of azide groups is 1. The zero-order chi connectivity index (χ0) is 20.7. The second-order valence-electron chi connectivity index (χ2n) is 6.14. The summed E-state index contributed by atoms with van der Waals surface area (Å²) >= 11 is 0. The Labute approximate surface area is 157 Å². The van der Waals surface area contributed by atoms with E-state index < -0.39 is 41.7 Å². The predicted octanol–water partition coefficient (Wildman–Crippen LogP) is 0.402. The van der Waals surface area contributed by atoms with Crippen molar-refractivity contribution in [3.8, 4) is 0 Å². The first-order valence-electron chi connectivity index (χ1n) is 8.46. The van der Waals surface area contributed by atoms with Gasteiger partial charge in [-0.25, -0.2) is 9.59 Å². The number of nitrogens with one attached hydrogen (secondary N) is 2. The fourth-order valence-electron chi connectivity index (χ4n) is 2.66. The van der Waals surface area contributed by atoms with Crippen molar-refractivity contribution in [3.05, 3.63) is 43.0 Å². The van der Waals surface area contributed by atoms with Gasteiger partial charge in [-0.1, -0.05) is 5.11 Å². The number of alkyl carbamates (subject to hydrolysis) is 1. The lowest BCUT2D eigenvalue weighted by molar-refractivity contribution is -0.137. The summed E-state index contributed by atoms with van der Waals surface area (Å²) in [5.74, 6) is -0.967. The van der Waals surface area contributed by atoms with Gasteiger partial charge in [-0.3, -0.25) is 19.1 Å². The first-order valence-corrected chi connectivity index (χ1v) is 8.46. The van der Waals surface area contributed by atoms with Gasteiger partial charge in [-0.2, -0.15) is 0 Å². The lowest BCUT2D eigenvalue weighted by Gasteiger charge is -2.17. The summed E-state index contributed by atoms with van der Waals surface area (Å²) < 4.78 is 11.9. The average Bonchev–Trinajstić information content (AvgIpc) is 3.03. The largest absolute Gasteiger partial charge is 0.481 e. The maximum atomic E-state index is 12.0. The summed E-state index contributed by atoms with van der Waals surface area (Å²) in [5, 5.41) is 14.5. The molecular formula is C15H20N6O7. The standard InChI is InChI=1S/C15H20N6O7/c1-8-6-21(14(25)18-13(8)24)11-5-9(19-20-16)10(28-11)7-27-15(26)17-4-2-3-12(22)23/h6,9-11H,2-5,7H2,1H3,(H,17,26)(H,22,23)(H,18,24,25)/t9-,10+,11+/m0/s1. The molecule has 1 aliphatic rings. The molecule has 152 valence electrons. The van der Waals surface area contributed by atoms with Crippen LogP contribution < -0.4 is 16.6 Å². The van der Waals surface area contributed by atoms with Gasteiger partial charge in [0.15, 0.2) is 0 Å². The zero-order valence-electron chi connectivity index (χ0n) is 15.0. The van der Waals surface area contributed by atoms with Crippen LogP contribution in [0.5, 0.6) is 0 Å². The Hall–Kier alpha value is -3.31. The number of amides is 1. The number of carbonyl (C=O) groups is 2. The van der Waals surface area contributed by atoms with Gasteiger partial charge in [0.05, 0.1) is 6.04 Å². The van der Waals surface area contributed by atoms with E-state index >= 15 is 0 Å². The number of ether oxygens (including phenoxy) is 2. The van der Waals surface area contributed by atoms with Crippen LogP contribution in [0.4, 0.5) is 4.79 Å². The highest BCUT2D eigenvalue weighted by molar-refractivity contribution is 5.68. The zero-order valence-corrected chi connectivity index (χ0v) is 15.0. The summed E-state index contributed by atoms with van der Waals surface area (Å²) in [4.78, 5) is 50.5. The molecule has 1 fully saturated rings. The summed E-state index contributed by atoms with van der Waals surface area (Å²) in [5.41, 5.74) is 7.85. The Bertz CT molecular complexity index is 888. The Morgan fingerprint density at radius 3 is 2.96 bits per heavy atom. The number of carboxylic acids is 1. The molecule has 2 rings (SSSR count). The molecule has 3 N–H and O–H groups in total. The summed E-state index contributed by atoms with van der Waals surface area (Å²) in [6, 6.07) is -0.686. The van der Waals surface area contributed by atoms with E-state index in [1.807, 2.05) is 0 Å². The van der Waals surface area contributed by atoms with Crippen LogP contribution in [0.3, 0.4) is 0 Å². The van der Waals surface area contributed by atoms with Crippen LogP contribution >= 0.6 is 0 Å². The third kappa shape index (κ3) is 5.59. The SMILES string of the molecule is Cc1cn([C@H]2C[C@H](N=[N+]=[N-])[C@@H](COC(=O)NCCCC(=O)O)O2)c(=O)[nH]c1=O. The Balaban J connectivity index is 1.96. The van der Waals surface area contributed by atoms with Crippen molar-refractivity contribution in [3.63, 3.8) is 0 Å². The van der Waals surface area contributed by atoms with Crippen molar-refractivity contribution >= 4 is 12.1 Å². The molecule has 1 aromatic rings. The van der Waals surface area contributed by atoms with E-state index in [4.69, 9.17) is 20.1 Å². The predicted molar refractivity (Wildman–Crippen MR) is 93.7 cm³/mol. The first kappa shape index (κ1) is 21.0. The molecule has 0 bridgehead atoms. The molecule has 1 aliphatic heterocycles. The lowest BCUT2D eigenvalue weighted by Crippen LogP contribution is -2.34. The Kier molecular flexibility index (Phi) is 7.18. The van der Waals surface area contributed by atoms with Gasteiger partial charge in [0.25, 0.3) is 5.56 Å². The van der Waals surface area contributed by atoms with Gasteiger partial charge in [-0.05, 0) is 18.9 Å². The minimum absolute atomic E-state index is 0.0833. The highest BCUT2D eigenvalue weighted by atomic mass is 16.6. The normalized spacial score (nSPS) is 21.0. The van der Waals surface area contributed by atoms with E-state index in [9.17, 15) is 19.2 Å². The van der Waals surface area contributed by atoms with Crippen LogP contribution in [-0.2, 0) is 14.3 Å². The molecule has 2 heterocycles. The van der Waals surface area contributed by atoms with Gasteiger partial charge in [0.1, 0.15) is 18.9 Å². The third-order valence-electron chi connectivity index (χ3n) is 4.08. The van der Waals surface area contributed by atoms with E-state index in [-0.39, 0.29) is 32.4 Å². The second-order valence-corrected chi connectivity index (χ2v) is 6.14. The Morgan fingerprint density at radius 2 is 2.29 bits per heavy atom. The molecule has 13 nitrogen and oxygen atoms in total. The number of aliphatic carboxylic acids is 1. The van der Waals surface area contributed by atoms with Crippen molar-refractivity contribution in [1.29, 1.82) is 0 Å². The summed E-state index contributed by atoms with van der Waals surface area (Å²) in [6.07, 6.45) is -0.687. The van der Waals surface area contributed by atoms with Crippen LogP contribution in [0.1, 0.15) is 31.1 Å². The van der Waals surface area contributed by atoms with Crippen molar-refractivity contribution in [2.45, 2.75) is 44.6 Å². The van der Waals surface area contributed by atoms with Gasteiger partial charge in [0.2, 0.25) is 0 Å². The number of nitrogens with zero attached hydrogens (tertiary/aromatic N) is 4. The van der Waals surface area contributed by atoms with Crippen LogP contribution in [0.15, 0.2) is 20.9 Å². The first-order chi connectivity index (χ1) is 13.3. The number of aromatic amines is 1. The second kappa shape index (κ2) is 9.58. The van der Waals surface area contributed by atoms with Crippen LogP contribution in [-0.4, -0.2) is 52.0 Å². The van der Waals surface area contributed by atoms with E-state index in [0.29, 0.717) is 5.56 Å². The van der Waals surface area contributed by atoms with Crippen molar-refractivity contribution < 1.29 is 24.2 Å². The van der Waals surface area contributed by atoms with Crippen LogP contribution in [0.2, 0.25) is 0 Å². The third-order valence-corrected chi connectivity index (χ3v) is 4.08. The molecule has 0 unspecified atom stereocenters. The number of carboxylic acid groups (broad SMARTS) is 1. The highest BCUT2D eigenvalue weighted by Gasteiger charge is 2.37. The lowest BCUT2D eigenvalue weighted by atomic mass is 10.1. The average molecular weight is 396 g/mol. The molecule has 0 spiro atoms. The minimum Gasteiger partial charge on any atom is -0.481 e. The number of hydrogen-bond donors (Lipinski definition) is 3. The maximum Gasteiger partial charge on any atom is 0.407 e. The number of aryl methyl sites for hydroxylation is 1. The van der Waals surface area contributed by atoms with Gasteiger partial charge >= 0.3 is 17.8 Å². The molecule has 1 amide bonds. The quantitative estimate of drug-likeness (QED) is 0.245. The monoisotopic (exact) mass is 396 g/mol. The van der Waals surface area contributed by atoms with Crippen molar-refractivity contribution in [2.75, 3.05) is 13.2 Å². The molecule has 1 aromatic heterocycles.